The average molecular weight is 422 g/mol. The van der Waals surface area contributed by atoms with Gasteiger partial charge in [-0.2, -0.15) is 0 Å². The molecule has 2 aromatic heterocycles. The maximum atomic E-state index is 12.5. The number of benzene rings is 1. The summed E-state index contributed by atoms with van der Waals surface area (Å²) in [5.41, 5.74) is 2.93. The highest BCUT2D eigenvalue weighted by Gasteiger charge is 2.21. The van der Waals surface area contributed by atoms with Gasteiger partial charge in [0.05, 0.1) is 24.4 Å². The van der Waals surface area contributed by atoms with Crippen LogP contribution in [0.25, 0.3) is 0 Å². The number of Topliss-reactive ketones (excluding diaryl/α,β-unsaturated/α-hetero) is 1. The van der Waals surface area contributed by atoms with Gasteiger partial charge in [-0.15, -0.1) is 0 Å². The Morgan fingerprint density at radius 3 is 2.48 bits per heavy atom. The first-order chi connectivity index (χ1) is 14.8. The molecule has 2 heterocycles. The zero-order valence-corrected chi connectivity index (χ0v) is 17.9. The molecule has 0 radical (unpaired) electrons. The van der Waals surface area contributed by atoms with Gasteiger partial charge in [0.2, 0.25) is 0 Å². The molecule has 162 valence electrons. The van der Waals surface area contributed by atoms with Crippen LogP contribution in [0.1, 0.15) is 40.0 Å². The molecule has 1 N–H and O–H groups in total. The van der Waals surface area contributed by atoms with E-state index < -0.39 is 24.5 Å². The van der Waals surface area contributed by atoms with Gasteiger partial charge < -0.3 is 19.0 Å². The fraction of sp³-hybridized carbons (Fsp3) is 0.292. The van der Waals surface area contributed by atoms with E-state index in [0.717, 1.165) is 22.7 Å². The second kappa shape index (κ2) is 9.93. The molecule has 0 bridgehead atoms. The summed E-state index contributed by atoms with van der Waals surface area (Å²) >= 11 is 0. The van der Waals surface area contributed by atoms with Crippen LogP contribution in [0.15, 0.2) is 59.2 Å². The third-order valence-electron chi connectivity index (χ3n) is 5.13. The number of nitrogens with zero attached hydrogens (tertiary/aromatic N) is 1. The Hall–Kier alpha value is -3.61. The normalized spacial score (nSPS) is 11.7. The second-order valence-electron chi connectivity index (χ2n) is 7.45. The number of esters is 1. The van der Waals surface area contributed by atoms with Gasteiger partial charge in [-0.1, -0.05) is 30.3 Å². The lowest BCUT2D eigenvalue weighted by Gasteiger charge is -2.16. The molecule has 1 aromatic carbocycles. The van der Waals surface area contributed by atoms with Crippen molar-refractivity contribution in [3.63, 3.8) is 0 Å². The highest BCUT2D eigenvalue weighted by Crippen LogP contribution is 2.18. The van der Waals surface area contributed by atoms with Crippen LogP contribution < -0.4 is 5.32 Å². The molecule has 0 aliphatic rings. The molecule has 31 heavy (non-hydrogen) atoms. The maximum absolute atomic E-state index is 12.5. The third kappa shape index (κ3) is 5.72. The number of hydrogen-bond donors (Lipinski definition) is 1. The Balaban J connectivity index is 1.58. The Labute approximate surface area is 181 Å². The smallest absolute Gasteiger partial charge is 0.340 e. The van der Waals surface area contributed by atoms with Gasteiger partial charge >= 0.3 is 5.97 Å². The van der Waals surface area contributed by atoms with Crippen LogP contribution in [0.2, 0.25) is 0 Å². The number of aromatic nitrogens is 1. The van der Waals surface area contributed by atoms with Gasteiger partial charge in [0, 0.05) is 11.4 Å². The number of carbonyl (C=O) groups is 3. The van der Waals surface area contributed by atoms with Gasteiger partial charge in [0.15, 0.2) is 12.4 Å². The van der Waals surface area contributed by atoms with Crippen LogP contribution in [0, 0.1) is 13.8 Å². The van der Waals surface area contributed by atoms with E-state index in [4.69, 9.17) is 9.15 Å². The lowest BCUT2D eigenvalue weighted by Crippen LogP contribution is -2.43. The van der Waals surface area contributed by atoms with Crippen molar-refractivity contribution in [3.8, 4) is 0 Å². The number of ketones is 1. The van der Waals surface area contributed by atoms with E-state index in [1.807, 2.05) is 60.9 Å². The number of ether oxygens (including phenoxy) is 1. The summed E-state index contributed by atoms with van der Waals surface area (Å²) in [6, 6.07) is 14.1. The number of rotatable bonds is 9. The zero-order valence-electron chi connectivity index (χ0n) is 17.9. The predicted molar refractivity (Wildman–Crippen MR) is 115 cm³/mol. The van der Waals surface area contributed by atoms with E-state index in [9.17, 15) is 14.4 Å². The minimum Gasteiger partial charge on any atom is -0.467 e. The molecule has 3 rings (SSSR count). The van der Waals surface area contributed by atoms with Crippen molar-refractivity contribution >= 4 is 17.7 Å². The molecule has 0 fully saturated rings. The summed E-state index contributed by atoms with van der Waals surface area (Å²) in [6.07, 6.45) is 1.98. The van der Waals surface area contributed by atoms with E-state index in [1.54, 1.807) is 12.3 Å². The molecule has 0 aliphatic heterocycles. The fourth-order valence-corrected chi connectivity index (χ4v) is 3.40. The first kappa shape index (κ1) is 22.1. The van der Waals surface area contributed by atoms with E-state index in [0.29, 0.717) is 18.5 Å². The molecule has 7 nitrogen and oxygen atoms in total. The Morgan fingerprint density at radius 2 is 1.84 bits per heavy atom. The molecular weight excluding hydrogens is 396 g/mol. The second-order valence-corrected chi connectivity index (χ2v) is 7.45. The standard InChI is InChI=1S/C24H26N2O5/c1-16-12-21(17(2)26(16)14-20-10-7-11-30-20)24(29)31-15-23(28)25-22(18(3)27)13-19-8-5-4-6-9-19/h4-12,22H,13-15H2,1-3H3,(H,25,28). The molecule has 0 spiro atoms. The van der Waals surface area contributed by atoms with Crippen molar-refractivity contribution < 1.29 is 23.5 Å². The van der Waals surface area contributed by atoms with Crippen LogP contribution in [-0.2, 0) is 27.3 Å². The zero-order chi connectivity index (χ0) is 22.4. The van der Waals surface area contributed by atoms with Crippen LogP contribution in [-0.4, -0.2) is 34.9 Å². The van der Waals surface area contributed by atoms with Gasteiger partial charge in [-0.05, 0) is 51.0 Å². The van der Waals surface area contributed by atoms with Crippen LogP contribution in [0.5, 0.6) is 0 Å². The highest BCUT2D eigenvalue weighted by molar-refractivity contribution is 5.93. The molecule has 1 unspecified atom stereocenters. The number of aryl methyl sites for hydroxylation is 1. The number of nitrogens with one attached hydrogen (secondary N) is 1. The van der Waals surface area contributed by atoms with Crippen molar-refractivity contribution in [1.29, 1.82) is 0 Å². The molecule has 0 saturated heterocycles. The minimum absolute atomic E-state index is 0.162. The van der Waals surface area contributed by atoms with Crippen LogP contribution in [0.3, 0.4) is 0 Å². The topological polar surface area (TPSA) is 90.5 Å². The highest BCUT2D eigenvalue weighted by atomic mass is 16.5. The molecule has 3 aromatic rings. The molecule has 0 saturated carbocycles. The van der Waals surface area contributed by atoms with E-state index in [1.165, 1.54) is 6.92 Å². The first-order valence-corrected chi connectivity index (χ1v) is 10.0. The van der Waals surface area contributed by atoms with Crippen LogP contribution in [0.4, 0.5) is 0 Å². The Kier molecular flexibility index (Phi) is 7.07. The number of carbonyl (C=O) groups excluding carboxylic acids is 3. The maximum Gasteiger partial charge on any atom is 0.340 e. The Bertz CT molecular complexity index is 1050. The summed E-state index contributed by atoms with van der Waals surface area (Å²) in [7, 11) is 0. The van der Waals surface area contributed by atoms with Gasteiger partial charge in [0.25, 0.3) is 5.91 Å². The number of furan rings is 1. The molecule has 0 aliphatic carbocycles. The third-order valence-corrected chi connectivity index (χ3v) is 5.13. The quantitative estimate of drug-likeness (QED) is 0.535. The summed E-state index contributed by atoms with van der Waals surface area (Å²) in [6.45, 7) is 5.17. The van der Waals surface area contributed by atoms with E-state index in [-0.39, 0.29) is 5.78 Å². The van der Waals surface area contributed by atoms with Crippen molar-refractivity contribution in [2.75, 3.05) is 6.61 Å². The van der Waals surface area contributed by atoms with Gasteiger partial charge in [-0.25, -0.2) is 4.79 Å². The predicted octanol–water partition coefficient (Wildman–Crippen LogP) is 3.22. The van der Waals surface area contributed by atoms with Crippen molar-refractivity contribution in [1.82, 2.24) is 9.88 Å². The summed E-state index contributed by atoms with van der Waals surface area (Å²) in [5, 5.41) is 2.65. The summed E-state index contributed by atoms with van der Waals surface area (Å²) < 4.78 is 12.5. The van der Waals surface area contributed by atoms with Gasteiger partial charge in [-0.3, -0.25) is 9.59 Å². The SMILES string of the molecule is CC(=O)C(Cc1ccccc1)NC(=O)COC(=O)c1cc(C)n(Cc2ccco2)c1C. The minimum atomic E-state index is -0.674. The molecule has 7 heteroatoms. The Morgan fingerprint density at radius 1 is 1.10 bits per heavy atom. The molecule has 1 amide bonds. The van der Waals surface area contributed by atoms with Crippen molar-refractivity contribution in [2.24, 2.45) is 0 Å². The van der Waals surface area contributed by atoms with Crippen molar-refractivity contribution in [3.05, 3.63) is 83.1 Å². The number of amides is 1. The van der Waals surface area contributed by atoms with E-state index >= 15 is 0 Å². The summed E-state index contributed by atoms with van der Waals surface area (Å²) in [4.78, 5) is 36.8. The molecular formula is C24H26N2O5. The van der Waals surface area contributed by atoms with Gasteiger partial charge in [0.1, 0.15) is 5.76 Å². The first-order valence-electron chi connectivity index (χ1n) is 10.0. The monoisotopic (exact) mass is 422 g/mol. The lowest BCUT2D eigenvalue weighted by atomic mass is 10.0. The van der Waals surface area contributed by atoms with E-state index in [2.05, 4.69) is 5.32 Å². The van der Waals surface area contributed by atoms with Crippen LogP contribution >= 0.6 is 0 Å². The van der Waals surface area contributed by atoms with Crippen molar-refractivity contribution in [2.45, 2.75) is 39.8 Å². The molecule has 1 atom stereocenters. The average Bonchev–Trinajstić information content (AvgIpc) is 3.36. The summed E-state index contributed by atoms with van der Waals surface area (Å²) in [5.74, 6) is -0.495. The largest absolute Gasteiger partial charge is 0.467 e. The lowest BCUT2D eigenvalue weighted by molar-refractivity contribution is -0.128. The fourth-order valence-electron chi connectivity index (χ4n) is 3.40. The number of hydrogen-bond acceptors (Lipinski definition) is 5.